The molecule has 2 saturated heterocycles. The lowest BCUT2D eigenvalue weighted by atomic mass is 10.0. The zero-order valence-electron chi connectivity index (χ0n) is 22.4. The average Bonchev–Trinajstić information content (AvgIpc) is 3.35. The van der Waals surface area contributed by atoms with E-state index in [1.807, 2.05) is 18.5 Å². The average molecular weight is 530 g/mol. The first-order chi connectivity index (χ1) is 19.0. The van der Waals surface area contributed by atoms with Crippen LogP contribution in [-0.4, -0.2) is 68.7 Å². The summed E-state index contributed by atoms with van der Waals surface area (Å²) in [4.78, 5) is 17.0. The van der Waals surface area contributed by atoms with Crippen LogP contribution in [0.25, 0.3) is 16.9 Å². The van der Waals surface area contributed by atoms with E-state index < -0.39 is 11.4 Å². The molecule has 3 fully saturated rings. The van der Waals surface area contributed by atoms with Gasteiger partial charge in [-0.15, -0.1) is 0 Å². The molecule has 4 aromatic rings. The highest BCUT2D eigenvalue weighted by Crippen LogP contribution is 2.63. The van der Waals surface area contributed by atoms with E-state index in [1.54, 1.807) is 10.7 Å². The van der Waals surface area contributed by atoms with E-state index in [2.05, 4.69) is 45.8 Å². The van der Waals surface area contributed by atoms with Gasteiger partial charge in [-0.3, -0.25) is 9.88 Å². The molecule has 1 aliphatic carbocycles. The van der Waals surface area contributed by atoms with Crippen LogP contribution in [-0.2, 0) is 5.54 Å². The highest BCUT2D eigenvalue weighted by Gasteiger charge is 2.64. The Bertz CT molecular complexity index is 1510. The molecule has 7 nitrogen and oxygen atoms in total. The number of fused-ring (bicyclic) bond motifs is 2. The molecule has 0 N–H and O–H groups in total. The van der Waals surface area contributed by atoms with E-state index in [4.69, 9.17) is 9.97 Å². The summed E-state index contributed by atoms with van der Waals surface area (Å²) in [5, 5.41) is 4.51. The number of piperazine rings is 1. The third-order valence-electron chi connectivity index (χ3n) is 9.23. The molecular weight excluding hydrogens is 496 g/mol. The number of aromatic nitrogens is 4. The Morgan fingerprint density at radius 1 is 1.03 bits per heavy atom. The predicted molar refractivity (Wildman–Crippen MR) is 146 cm³/mol. The van der Waals surface area contributed by atoms with Crippen LogP contribution in [0.1, 0.15) is 43.9 Å². The lowest BCUT2D eigenvalue weighted by Gasteiger charge is -2.37. The molecule has 3 aromatic heterocycles. The van der Waals surface area contributed by atoms with Crippen molar-refractivity contribution in [3.8, 4) is 11.3 Å². The fourth-order valence-electron chi connectivity index (χ4n) is 6.78. The van der Waals surface area contributed by atoms with Gasteiger partial charge < -0.3 is 9.80 Å². The fraction of sp³-hybridized carbons (Fsp3) is 0.433. The number of rotatable bonds is 6. The molecule has 39 heavy (non-hydrogen) atoms. The van der Waals surface area contributed by atoms with Gasteiger partial charge in [-0.25, -0.2) is 18.3 Å². The highest BCUT2D eigenvalue weighted by molar-refractivity contribution is 5.75. The van der Waals surface area contributed by atoms with Crippen LogP contribution in [0.3, 0.4) is 0 Å². The van der Waals surface area contributed by atoms with Gasteiger partial charge in [0.2, 0.25) is 0 Å². The Morgan fingerprint density at radius 2 is 1.87 bits per heavy atom. The maximum atomic E-state index is 14.9. The number of likely N-dealkylation sites (N-methyl/N-ethyl adjacent to an activating group) is 1. The molecule has 202 valence electrons. The Kier molecular flexibility index (Phi) is 5.89. The van der Waals surface area contributed by atoms with Crippen molar-refractivity contribution in [3.63, 3.8) is 0 Å². The first kappa shape index (κ1) is 24.6. The van der Waals surface area contributed by atoms with Crippen molar-refractivity contribution >= 4 is 11.5 Å². The van der Waals surface area contributed by atoms with Crippen molar-refractivity contribution in [1.82, 2.24) is 29.4 Å². The maximum absolute atomic E-state index is 14.9. The van der Waals surface area contributed by atoms with Crippen LogP contribution in [0.4, 0.5) is 14.6 Å². The van der Waals surface area contributed by atoms with Gasteiger partial charge in [-0.05, 0) is 68.1 Å². The third kappa shape index (κ3) is 4.02. The second kappa shape index (κ2) is 9.34. The summed E-state index contributed by atoms with van der Waals surface area (Å²) in [6.45, 7) is 10.7. The first-order valence-corrected chi connectivity index (χ1v) is 14.0. The molecule has 7 rings (SSSR count). The van der Waals surface area contributed by atoms with Gasteiger partial charge in [0, 0.05) is 56.7 Å². The summed E-state index contributed by atoms with van der Waals surface area (Å²) < 4.78 is 30.7. The molecule has 2 aliphatic heterocycles. The number of halogens is 2. The molecule has 1 aromatic carbocycles. The Morgan fingerprint density at radius 3 is 2.62 bits per heavy atom. The van der Waals surface area contributed by atoms with Crippen LogP contribution >= 0.6 is 0 Å². The van der Waals surface area contributed by atoms with E-state index in [-0.39, 0.29) is 5.82 Å². The summed E-state index contributed by atoms with van der Waals surface area (Å²) in [5.41, 5.74) is 3.47. The molecule has 3 aliphatic rings. The second-order valence-corrected chi connectivity index (χ2v) is 11.1. The first-order valence-electron chi connectivity index (χ1n) is 14.0. The number of hydrogen-bond donors (Lipinski definition) is 0. The normalized spacial score (nSPS) is 24.3. The monoisotopic (exact) mass is 529 g/mol. The molecule has 0 bridgehead atoms. The van der Waals surface area contributed by atoms with E-state index in [1.165, 1.54) is 23.8 Å². The minimum atomic E-state index is -0.531. The summed E-state index contributed by atoms with van der Waals surface area (Å²) in [6, 6.07) is 10.2. The lowest BCUT2D eigenvalue weighted by Crippen LogP contribution is -2.46. The van der Waals surface area contributed by atoms with Crippen LogP contribution in [0.5, 0.6) is 0 Å². The van der Waals surface area contributed by atoms with Crippen LogP contribution < -0.4 is 4.90 Å². The molecule has 5 heterocycles. The number of pyridine rings is 1. The van der Waals surface area contributed by atoms with Gasteiger partial charge in [0.05, 0.1) is 23.0 Å². The molecule has 0 radical (unpaired) electrons. The fourth-order valence-corrected chi connectivity index (χ4v) is 6.78. The summed E-state index contributed by atoms with van der Waals surface area (Å²) in [7, 11) is 0. The van der Waals surface area contributed by atoms with Crippen molar-refractivity contribution in [3.05, 3.63) is 77.8 Å². The minimum Gasteiger partial charge on any atom is -0.346 e. The SMILES string of the molecule is CCN1CCN(C(C)c2ccc(-c3cnn4ccc(N5CC[C@H]6C[C@]65c5cc(F)ccc5F)nc34)nc2)CC1. The maximum Gasteiger partial charge on any atom is 0.166 e. The van der Waals surface area contributed by atoms with Gasteiger partial charge >= 0.3 is 0 Å². The number of benzene rings is 1. The summed E-state index contributed by atoms with van der Waals surface area (Å²) >= 11 is 0. The van der Waals surface area contributed by atoms with Crippen molar-refractivity contribution in [1.29, 1.82) is 0 Å². The Labute approximate surface area is 227 Å². The predicted octanol–water partition coefficient (Wildman–Crippen LogP) is 4.89. The van der Waals surface area contributed by atoms with Gasteiger partial charge in [-0.2, -0.15) is 5.10 Å². The van der Waals surface area contributed by atoms with Crippen LogP contribution in [0.2, 0.25) is 0 Å². The van der Waals surface area contributed by atoms with Crippen LogP contribution in [0, 0.1) is 17.6 Å². The largest absolute Gasteiger partial charge is 0.346 e. The number of hydrogen-bond acceptors (Lipinski definition) is 6. The second-order valence-electron chi connectivity index (χ2n) is 11.1. The van der Waals surface area contributed by atoms with Crippen LogP contribution in [0.15, 0.2) is 55.0 Å². The van der Waals surface area contributed by atoms with Crippen molar-refractivity contribution in [2.75, 3.05) is 44.2 Å². The molecule has 1 unspecified atom stereocenters. The van der Waals surface area contributed by atoms with Gasteiger partial charge in [-0.1, -0.05) is 13.0 Å². The van der Waals surface area contributed by atoms with Crippen molar-refractivity contribution < 1.29 is 8.78 Å². The van der Waals surface area contributed by atoms with Crippen molar-refractivity contribution in [2.24, 2.45) is 5.92 Å². The molecule has 3 atom stereocenters. The molecular formula is C30H33F2N7. The van der Waals surface area contributed by atoms with Gasteiger partial charge in [0.25, 0.3) is 0 Å². The smallest absolute Gasteiger partial charge is 0.166 e. The Balaban J connectivity index is 1.17. The van der Waals surface area contributed by atoms with E-state index in [0.717, 1.165) is 69.2 Å². The number of nitrogens with zero attached hydrogens (tertiary/aromatic N) is 7. The van der Waals surface area contributed by atoms with E-state index >= 15 is 0 Å². The van der Waals surface area contributed by atoms with E-state index in [9.17, 15) is 8.78 Å². The standard InChI is InChI=1S/C30H33F2N7/c1-3-36-12-14-37(15-13-36)20(2)21-4-7-27(33-18-21)24-19-34-39-11-9-28(35-29(24)39)38-10-8-22-17-30(22,38)25-16-23(31)5-6-26(25)32/h4-7,9,11,16,18-20,22H,3,8,10,12-15,17H2,1-2H3/t20?,22-,30+/m0/s1. The Hall–Kier alpha value is -3.43. The molecule has 0 amide bonds. The van der Waals surface area contributed by atoms with Crippen molar-refractivity contribution in [2.45, 2.75) is 38.3 Å². The summed E-state index contributed by atoms with van der Waals surface area (Å²) in [6.07, 6.45) is 7.40. The summed E-state index contributed by atoms with van der Waals surface area (Å²) in [5.74, 6) is 0.288. The topological polar surface area (TPSA) is 52.8 Å². The zero-order chi connectivity index (χ0) is 26.7. The third-order valence-corrected chi connectivity index (χ3v) is 9.23. The molecule has 0 spiro atoms. The highest BCUT2D eigenvalue weighted by atomic mass is 19.1. The van der Waals surface area contributed by atoms with E-state index in [0.29, 0.717) is 23.2 Å². The van der Waals surface area contributed by atoms with Gasteiger partial charge in [0.15, 0.2) is 5.65 Å². The zero-order valence-corrected chi connectivity index (χ0v) is 22.4. The molecule has 1 saturated carbocycles. The molecule has 9 heteroatoms. The van der Waals surface area contributed by atoms with Gasteiger partial charge in [0.1, 0.15) is 17.5 Å². The lowest BCUT2D eigenvalue weighted by molar-refractivity contribution is 0.106. The number of anilines is 1. The minimum absolute atomic E-state index is 0.303. The number of piperidine rings is 1. The quantitative estimate of drug-likeness (QED) is 0.355.